The van der Waals surface area contributed by atoms with Crippen molar-refractivity contribution in [2.75, 3.05) is 20.6 Å². The van der Waals surface area contributed by atoms with Crippen molar-refractivity contribution in [2.45, 2.75) is 12.5 Å². The third-order valence-corrected chi connectivity index (χ3v) is 2.06. The van der Waals surface area contributed by atoms with Gasteiger partial charge in [-0.3, -0.25) is 0 Å². The zero-order valence-corrected chi connectivity index (χ0v) is 8.10. The first-order valence-corrected chi connectivity index (χ1v) is 3.74. The molecule has 0 saturated heterocycles. The topological polar surface area (TPSA) is 52.6 Å². The number of amides is 1. The zero-order valence-electron chi connectivity index (χ0n) is 7.28. The van der Waals surface area contributed by atoms with Crippen molar-refractivity contribution in [3.63, 3.8) is 0 Å². The summed E-state index contributed by atoms with van der Waals surface area (Å²) in [6.45, 7) is 0.595. The molecule has 0 spiro atoms. The molecule has 72 valence electrons. The molecule has 1 amide bonds. The number of carboxylic acid groups (broad SMARTS) is 1. The average molecular weight is 195 g/mol. The number of hydrogen-bond acceptors (Lipinski definition) is 2. The van der Waals surface area contributed by atoms with Crippen LogP contribution >= 0.6 is 12.4 Å². The second kappa shape index (κ2) is 4.52. The normalized spacial score (nSPS) is 26.2. The Balaban J connectivity index is 0.00000121. The lowest BCUT2D eigenvalue weighted by Gasteiger charge is -2.07. The van der Waals surface area contributed by atoms with Crippen LogP contribution in [0.4, 0.5) is 4.79 Å². The van der Waals surface area contributed by atoms with Gasteiger partial charge in [-0.1, -0.05) is 0 Å². The van der Waals surface area contributed by atoms with Crippen molar-refractivity contribution in [3.05, 3.63) is 0 Å². The highest BCUT2D eigenvalue weighted by Crippen LogP contribution is 2.33. The summed E-state index contributed by atoms with van der Waals surface area (Å²) in [5, 5.41) is 10.7. The van der Waals surface area contributed by atoms with Gasteiger partial charge in [-0.2, -0.15) is 0 Å². The van der Waals surface area contributed by atoms with Gasteiger partial charge in [-0.25, -0.2) is 4.79 Å². The summed E-state index contributed by atoms with van der Waals surface area (Å²) in [5.74, 6) is 0.529. The lowest BCUT2D eigenvalue weighted by atomic mass is 10.4. The molecule has 1 saturated carbocycles. The predicted octanol–water partition coefficient (Wildman–Crippen LogP) is 0.626. The molecule has 0 heterocycles. The molecule has 0 aliphatic heterocycles. The molecule has 0 bridgehead atoms. The summed E-state index contributed by atoms with van der Waals surface area (Å²) in [7, 11) is 4.04. The Hall–Kier alpha value is -0.480. The van der Waals surface area contributed by atoms with Crippen LogP contribution in [0.1, 0.15) is 6.42 Å². The van der Waals surface area contributed by atoms with E-state index in [0.717, 1.165) is 6.42 Å². The quantitative estimate of drug-likeness (QED) is 0.693. The highest BCUT2D eigenvalue weighted by molar-refractivity contribution is 5.85. The van der Waals surface area contributed by atoms with Crippen LogP contribution in [0.15, 0.2) is 0 Å². The monoisotopic (exact) mass is 194 g/mol. The van der Waals surface area contributed by atoms with Crippen LogP contribution in [0, 0.1) is 5.92 Å². The Morgan fingerprint density at radius 2 is 2.25 bits per heavy atom. The maximum atomic E-state index is 10.1. The molecule has 0 aromatic carbocycles. The van der Waals surface area contributed by atoms with E-state index in [-0.39, 0.29) is 12.4 Å². The molecule has 1 rings (SSSR count). The van der Waals surface area contributed by atoms with Crippen LogP contribution in [-0.4, -0.2) is 42.8 Å². The lowest BCUT2D eigenvalue weighted by Crippen LogP contribution is -2.26. The van der Waals surface area contributed by atoms with Gasteiger partial charge in [-0.05, 0) is 26.4 Å². The van der Waals surface area contributed by atoms with Gasteiger partial charge in [0.15, 0.2) is 0 Å². The SMILES string of the molecule is CN(C)[C@@H]1C[C@H]1CNC(=O)O.Cl. The number of nitrogens with zero attached hydrogens (tertiary/aromatic N) is 1. The second-order valence-corrected chi connectivity index (χ2v) is 3.21. The molecule has 1 fully saturated rings. The maximum absolute atomic E-state index is 10.1. The minimum absolute atomic E-state index is 0. The third-order valence-electron chi connectivity index (χ3n) is 2.06. The smallest absolute Gasteiger partial charge is 0.404 e. The summed E-state index contributed by atoms with van der Waals surface area (Å²) >= 11 is 0. The first-order valence-electron chi connectivity index (χ1n) is 3.74. The molecule has 1 aliphatic rings. The fourth-order valence-corrected chi connectivity index (χ4v) is 1.30. The molecular weight excluding hydrogens is 180 g/mol. The number of hydrogen-bond donors (Lipinski definition) is 2. The first kappa shape index (κ1) is 11.5. The van der Waals surface area contributed by atoms with E-state index >= 15 is 0 Å². The average Bonchev–Trinajstić information content (AvgIpc) is 2.61. The van der Waals surface area contributed by atoms with Crippen molar-refractivity contribution < 1.29 is 9.90 Å². The van der Waals surface area contributed by atoms with Crippen LogP contribution < -0.4 is 5.32 Å². The molecule has 2 N–H and O–H groups in total. The van der Waals surface area contributed by atoms with E-state index in [1.165, 1.54) is 0 Å². The maximum Gasteiger partial charge on any atom is 0.404 e. The zero-order chi connectivity index (χ0) is 8.43. The molecule has 1 aliphatic carbocycles. The molecule has 0 aromatic rings. The molecule has 0 radical (unpaired) electrons. The van der Waals surface area contributed by atoms with Crippen molar-refractivity contribution in [1.82, 2.24) is 10.2 Å². The Morgan fingerprint density at radius 1 is 1.67 bits per heavy atom. The van der Waals surface area contributed by atoms with Crippen LogP contribution in [0.25, 0.3) is 0 Å². The van der Waals surface area contributed by atoms with Crippen LogP contribution in [0.2, 0.25) is 0 Å². The van der Waals surface area contributed by atoms with E-state index in [9.17, 15) is 4.79 Å². The predicted molar refractivity (Wildman–Crippen MR) is 48.9 cm³/mol. The van der Waals surface area contributed by atoms with Crippen molar-refractivity contribution in [3.8, 4) is 0 Å². The standard InChI is InChI=1S/C7H14N2O2.ClH/c1-9(2)6-3-5(6)4-8-7(10)11;/h5-6,8H,3-4H2,1-2H3,(H,10,11);1H/t5-,6+;/m0./s1. The Kier molecular flexibility index (Phi) is 4.34. The van der Waals surface area contributed by atoms with Gasteiger partial charge in [-0.15, -0.1) is 12.4 Å². The van der Waals surface area contributed by atoms with E-state index in [1.54, 1.807) is 0 Å². The van der Waals surface area contributed by atoms with Crippen LogP contribution in [0.3, 0.4) is 0 Å². The van der Waals surface area contributed by atoms with Crippen molar-refractivity contribution in [1.29, 1.82) is 0 Å². The Labute approximate surface area is 78.3 Å². The Bertz CT molecular complexity index is 163. The fourth-order valence-electron chi connectivity index (χ4n) is 1.30. The van der Waals surface area contributed by atoms with E-state index in [1.807, 2.05) is 14.1 Å². The van der Waals surface area contributed by atoms with E-state index in [4.69, 9.17) is 5.11 Å². The number of nitrogens with one attached hydrogen (secondary N) is 1. The van der Waals surface area contributed by atoms with Crippen molar-refractivity contribution in [2.24, 2.45) is 5.92 Å². The van der Waals surface area contributed by atoms with Gasteiger partial charge in [0.05, 0.1) is 0 Å². The number of rotatable bonds is 3. The minimum Gasteiger partial charge on any atom is -0.465 e. The highest BCUT2D eigenvalue weighted by atomic mass is 35.5. The molecule has 12 heavy (non-hydrogen) atoms. The van der Waals surface area contributed by atoms with Gasteiger partial charge in [0.2, 0.25) is 0 Å². The second-order valence-electron chi connectivity index (χ2n) is 3.21. The largest absolute Gasteiger partial charge is 0.465 e. The number of halogens is 1. The van der Waals surface area contributed by atoms with E-state index < -0.39 is 6.09 Å². The highest BCUT2D eigenvalue weighted by Gasteiger charge is 2.38. The number of carbonyl (C=O) groups is 1. The molecule has 0 unspecified atom stereocenters. The summed E-state index contributed by atoms with van der Waals surface area (Å²) in [5.41, 5.74) is 0. The van der Waals surface area contributed by atoms with Gasteiger partial charge in [0.1, 0.15) is 0 Å². The van der Waals surface area contributed by atoms with Gasteiger partial charge in [0.25, 0.3) is 0 Å². The summed E-state index contributed by atoms with van der Waals surface area (Å²) in [4.78, 5) is 12.2. The third kappa shape index (κ3) is 3.28. The minimum atomic E-state index is -0.922. The van der Waals surface area contributed by atoms with Crippen LogP contribution in [0.5, 0.6) is 0 Å². The molecule has 5 heteroatoms. The molecule has 2 atom stereocenters. The molecule has 4 nitrogen and oxygen atoms in total. The van der Waals surface area contributed by atoms with Gasteiger partial charge < -0.3 is 15.3 Å². The molecular formula is C7H15ClN2O2. The fraction of sp³-hybridized carbons (Fsp3) is 0.857. The molecule has 0 aromatic heterocycles. The van der Waals surface area contributed by atoms with E-state index in [0.29, 0.717) is 18.5 Å². The van der Waals surface area contributed by atoms with E-state index in [2.05, 4.69) is 10.2 Å². The van der Waals surface area contributed by atoms with Crippen LogP contribution in [-0.2, 0) is 0 Å². The summed E-state index contributed by atoms with van der Waals surface area (Å²) in [6.07, 6.45) is 0.196. The first-order chi connectivity index (χ1) is 5.11. The Morgan fingerprint density at radius 3 is 2.58 bits per heavy atom. The van der Waals surface area contributed by atoms with Crippen molar-refractivity contribution >= 4 is 18.5 Å². The van der Waals surface area contributed by atoms with Gasteiger partial charge in [0, 0.05) is 12.6 Å². The summed E-state index contributed by atoms with van der Waals surface area (Å²) in [6, 6.07) is 0.585. The van der Waals surface area contributed by atoms with Gasteiger partial charge >= 0.3 is 6.09 Å². The lowest BCUT2D eigenvalue weighted by molar-refractivity contribution is 0.193. The summed E-state index contributed by atoms with van der Waals surface area (Å²) < 4.78 is 0.